The van der Waals surface area contributed by atoms with E-state index >= 15 is 0 Å². The third kappa shape index (κ3) is 3.28. The quantitative estimate of drug-likeness (QED) is 0.730. The molecule has 1 aliphatic rings. The van der Waals surface area contributed by atoms with Gasteiger partial charge in [0, 0.05) is 31.4 Å². The van der Waals surface area contributed by atoms with E-state index in [1.165, 1.54) is 7.11 Å². The van der Waals surface area contributed by atoms with Crippen molar-refractivity contribution in [2.24, 2.45) is 0 Å². The van der Waals surface area contributed by atoms with Crippen LogP contribution in [0.25, 0.3) is 0 Å². The molecular formula is C13H15N3O3. The lowest BCUT2D eigenvalue weighted by molar-refractivity contribution is -0.160. The predicted molar refractivity (Wildman–Crippen MR) is 66.0 cm³/mol. The SMILES string of the molecule is COC(=O)C1CN(Cc2cccnc2C#N)CCO1. The highest BCUT2D eigenvalue weighted by Gasteiger charge is 2.27. The Kier molecular flexibility index (Phi) is 4.44. The maximum atomic E-state index is 11.4. The molecule has 1 atom stereocenters. The van der Waals surface area contributed by atoms with Crippen LogP contribution in [0.1, 0.15) is 11.3 Å². The van der Waals surface area contributed by atoms with Crippen molar-refractivity contribution in [3.8, 4) is 6.07 Å². The van der Waals surface area contributed by atoms with Gasteiger partial charge in [-0.15, -0.1) is 0 Å². The van der Waals surface area contributed by atoms with Crippen LogP contribution in [0.5, 0.6) is 0 Å². The fraction of sp³-hybridized carbons (Fsp3) is 0.462. The number of rotatable bonds is 3. The third-order valence-corrected chi connectivity index (χ3v) is 3.01. The molecule has 0 radical (unpaired) electrons. The molecule has 1 unspecified atom stereocenters. The lowest BCUT2D eigenvalue weighted by Gasteiger charge is -2.31. The van der Waals surface area contributed by atoms with E-state index in [1.54, 1.807) is 12.3 Å². The smallest absolute Gasteiger partial charge is 0.336 e. The number of aromatic nitrogens is 1. The van der Waals surface area contributed by atoms with Gasteiger partial charge in [0.15, 0.2) is 6.10 Å². The summed E-state index contributed by atoms with van der Waals surface area (Å²) < 4.78 is 10.0. The Labute approximate surface area is 111 Å². The zero-order chi connectivity index (χ0) is 13.7. The molecule has 6 heteroatoms. The first-order chi connectivity index (χ1) is 9.24. The van der Waals surface area contributed by atoms with Gasteiger partial charge in [0.2, 0.25) is 0 Å². The normalized spacial score (nSPS) is 19.7. The molecular weight excluding hydrogens is 246 g/mol. The van der Waals surface area contributed by atoms with E-state index in [2.05, 4.69) is 20.7 Å². The van der Waals surface area contributed by atoms with Crippen LogP contribution in [0.15, 0.2) is 18.3 Å². The molecule has 1 saturated heterocycles. The van der Waals surface area contributed by atoms with E-state index in [-0.39, 0.29) is 5.97 Å². The van der Waals surface area contributed by atoms with E-state index in [0.29, 0.717) is 31.9 Å². The topological polar surface area (TPSA) is 75.5 Å². The number of pyridine rings is 1. The van der Waals surface area contributed by atoms with Gasteiger partial charge in [0.25, 0.3) is 0 Å². The Morgan fingerprint density at radius 2 is 2.58 bits per heavy atom. The second kappa shape index (κ2) is 6.27. The number of esters is 1. The predicted octanol–water partition coefficient (Wildman–Crippen LogP) is 0.327. The van der Waals surface area contributed by atoms with E-state index in [4.69, 9.17) is 10.00 Å². The second-order valence-corrected chi connectivity index (χ2v) is 4.24. The zero-order valence-corrected chi connectivity index (χ0v) is 10.7. The molecule has 0 spiro atoms. The van der Waals surface area contributed by atoms with Crippen molar-refractivity contribution in [3.05, 3.63) is 29.6 Å². The number of morpholine rings is 1. The molecule has 0 N–H and O–H groups in total. The number of carbonyl (C=O) groups excluding carboxylic acids is 1. The average Bonchev–Trinajstić information content (AvgIpc) is 2.47. The molecule has 1 aromatic heterocycles. The standard InChI is InChI=1S/C13H15N3O3/c1-18-13(17)12-9-16(5-6-19-12)8-10-3-2-4-15-11(10)7-14/h2-4,12H,5-6,8-9H2,1H3. The van der Waals surface area contributed by atoms with Gasteiger partial charge in [-0.05, 0) is 6.07 Å². The van der Waals surface area contributed by atoms with E-state index in [0.717, 1.165) is 5.56 Å². The first-order valence-corrected chi connectivity index (χ1v) is 6.00. The lowest BCUT2D eigenvalue weighted by Crippen LogP contribution is -2.46. The highest BCUT2D eigenvalue weighted by atomic mass is 16.6. The Morgan fingerprint density at radius 1 is 1.74 bits per heavy atom. The van der Waals surface area contributed by atoms with Gasteiger partial charge in [-0.2, -0.15) is 5.26 Å². The maximum absolute atomic E-state index is 11.4. The molecule has 6 nitrogen and oxygen atoms in total. The van der Waals surface area contributed by atoms with Gasteiger partial charge in [-0.1, -0.05) is 6.07 Å². The van der Waals surface area contributed by atoms with Crippen LogP contribution in [0, 0.1) is 11.3 Å². The number of nitrogens with zero attached hydrogens (tertiary/aromatic N) is 3. The van der Waals surface area contributed by atoms with Gasteiger partial charge in [-0.25, -0.2) is 9.78 Å². The Morgan fingerprint density at radius 3 is 3.32 bits per heavy atom. The number of carbonyl (C=O) groups is 1. The maximum Gasteiger partial charge on any atom is 0.336 e. The molecule has 2 rings (SSSR count). The van der Waals surface area contributed by atoms with Crippen LogP contribution in [0.4, 0.5) is 0 Å². The van der Waals surface area contributed by atoms with Crippen molar-refractivity contribution in [2.45, 2.75) is 12.6 Å². The summed E-state index contributed by atoms with van der Waals surface area (Å²) in [5, 5.41) is 9.00. The van der Waals surface area contributed by atoms with Crippen LogP contribution in [-0.2, 0) is 20.8 Å². The summed E-state index contributed by atoms with van der Waals surface area (Å²) in [6, 6.07) is 5.74. The van der Waals surface area contributed by atoms with Crippen molar-refractivity contribution < 1.29 is 14.3 Å². The second-order valence-electron chi connectivity index (χ2n) is 4.24. The summed E-state index contributed by atoms with van der Waals surface area (Å²) in [6.07, 6.45) is 1.04. The van der Waals surface area contributed by atoms with Crippen LogP contribution in [0.3, 0.4) is 0 Å². The minimum absolute atomic E-state index is 0.364. The molecule has 1 aliphatic heterocycles. The first-order valence-electron chi connectivity index (χ1n) is 6.00. The van der Waals surface area contributed by atoms with Crippen molar-refractivity contribution in [2.75, 3.05) is 26.8 Å². The number of hydrogen-bond donors (Lipinski definition) is 0. The summed E-state index contributed by atoms with van der Waals surface area (Å²) in [7, 11) is 1.35. The molecule has 19 heavy (non-hydrogen) atoms. The summed E-state index contributed by atoms with van der Waals surface area (Å²) in [6.45, 7) is 2.23. The Bertz CT molecular complexity index is 498. The van der Waals surface area contributed by atoms with Gasteiger partial charge in [-0.3, -0.25) is 4.90 Å². The first kappa shape index (κ1) is 13.5. The zero-order valence-electron chi connectivity index (χ0n) is 10.7. The highest BCUT2D eigenvalue weighted by Crippen LogP contribution is 2.13. The summed E-state index contributed by atoms with van der Waals surface area (Å²) in [4.78, 5) is 17.5. The van der Waals surface area contributed by atoms with E-state index < -0.39 is 6.10 Å². The van der Waals surface area contributed by atoms with E-state index in [1.807, 2.05) is 6.07 Å². The molecule has 0 bridgehead atoms. The molecule has 0 saturated carbocycles. The number of methoxy groups -OCH3 is 1. The molecule has 1 fully saturated rings. The van der Waals surface area contributed by atoms with Gasteiger partial charge < -0.3 is 9.47 Å². The molecule has 0 aliphatic carbocycles. The lowest BCUT2D eigenvalue weighted by atomic mass is 10.1. The molecule has 2 heterocycles. The fourth-order valence-electron chi connectivity index (χ4n) is 2.03. The fourth-order valence-corrected chi connectivity index (χ4v) is 2.03. The number of nitriles is 1. The van der Waals surface area contributed by atoms with E-state index in [9.17, 15) is 4.79 Å². The van der Waals surface area contributed by atoms with Crippen molar-refractivity contribution in [3.63, 3.8) is 0 Å². The summed E-state index contributed by atoms with van der Waals surface area (Å²) >= 11 is 0. The monoisotopic (exact) mass is 261 g/mol. The Hall–Kier alpha value is -1.97. The molecule has 100 valence electrons. The minimum atomic E-state index is -0.555. The average molecular weight is 261 g/mol. The molecule has 0 amide bonds. The van der Waals surface area contributed by atoms with Crippen LogP contribution >= 0.6 is 0 Å². The van der Waals surface area contributed by atoms with Crippen molar-refractivity contribution in [1.82, 2.24) is 9.88 Å². The third-order valence-electron chi connectivity index (χ3n) is 3.01. The van der Waals surface area contributed by atoms with Gasteiger partial charge in [0.05, 0.1) is 13.7 Å². The van der Waals surface area contributed by atoms with Gasteiger partial charge >= 0.3 is 5.97 Å². The van der Waals surface area contributed by atoms with Crippen LogP contribution in [-0.4, -0.2) is 48.8 Å². The minimum Gasteiger partial charge on any atom is -0.467 e. The summed E-state index contributed by atoms with van der Waals surface area (Å²) in [5.41, 5.74) is 1.28. The summed E-state index contributed by atoms with van der Waals surface area (Å²) in [5.74, 6) is -0.364. The largest absolute Gasteiger partial charge is 0.467 e. The van der Waals surface area contributed by atoms with Gasteiger partial charge in [0.1, 0.15) is 11.8 Å². The Balaban J connectivity index is 2.03. The van der Waals surface area contributed by atoms with Crippen LogP contribution < -0.4 is 0 Å². The van der Waals surface area contributed by atoms with Crippen LogP contribution in [0.2, 0.25) is 0 Å². The number of hydrogen-bond acceptors (Lipinski definition) is 6. The molecule has 1 aromatic rings. The molecule has 0 aromatic carbocycles. The van der Waals surface area contributed by atoms with Crippen molar-refractivity contribution >= 4 is 5.97 Å². The number of ether oxygens (including phenoxy) is 2. The van der Waals surface area contributed by atoms with Crippen molar-refractivity contribution in [1.29, 1.82) is 5.26 Å². The highest BCUT2D eigenvalue weighted by molar-refractivity contribution is 5.74.